The van der Waals surface area contributed by atoms with Gasteiger partial charge in [0.2, 0.25) is 5.95 Å². The third-order valence-corrected chi connectivity index (χ3v) is 3.61. The highest BCUT2D eigenvalue weighted by Gasteiger charge is 2.26. The predicted molar refractivity (Wildman–Crippen MR) is 76.2 cm³/mol. The second-order valence-electron chi connectivity index (χ2n) is 4.90. The van der Waals surface area contributed by atoms with Gasteiger partial charge in [-0.2, -0.15) is 0 Å². The van der Waals surface area contributed by atoms with Crippen molar-refractivity contribution in [2.24, 2.45) is 0 Å². The van der Waals surface area contributed by atoms with Gasteiger partial charge in [0, 0.05) is 19.1 Å². The Morgan fingerprint density at radius 2 is 2.11 bits per heavy atom. The molecule has 100 valence electrons. The molecule has 1 unspecified atom stereocenters. The maximum Gasteiger partial charge on any atom is 0.246 e. The summed E-state index contributed by atoms with van der Waals surface area (Å²) in [4.78, 5) is 6.92. The molecule has 1 fully saturated rings. The molecule has 0 aliphatic carbocycles. The first-order valence-corrected chi connectivity index (χ1v) is 6.95. The number of aromatic nitrogens is 3. The van der Waals surface area contributed by atoms with Crippen LogP contribution in [0.15, 0.2) is 24.3 Å². The number of hydrogen-bond acceptors (Lipinski definition) is 5. The minimum absolute atomic E-state index is 0.489. The Hall–Kier alpha value is -1.75. The second-order valence-corrected chi connectivity index (χ2v) is 4.90. The summed E-state index contributed by atoms with van der Waals surface area (Å²) in [5.41, 5.74) is 1.77. The summed E-state index contributed by atoms with van der Waals surface area (Å²) in [5.74, 6) is 0.763. The van der Waals surface area contributed by atoms with Crippen LogP contribution in [0.4, 0.5) is 5.95 Å². The van der Waals surface area contributed by atoms with E-state index in [1.165, 1.54) is 12.8 Å². The van der Waals surface area contributed by atoms with Crippen LogP contribution in [0.25, 0.3) is 11.0 Å². The second kappa shape index (κ2) is 5.48. The fourth-order valence-corrected chi connectivity index (χ4v) is 2.62. The molecule has 0 bridgehead atoms. The van der Waals surface area contributed by atoms with Crippen LogP contribution in [-0.4, -0.2) is 40.9 Å². The zero-order valence-electron chi connectivity index (χ0n) is 11.2. The van der Waals surface area contributed by atoms with Gasteiger partial charge in [0.15, 0.2) is 0 Å². The number of benzene rings is 1. The Balaban J connectivity index is 1.86. The van der Waals surface area contributed by atoms with E-state index in [9.17, 15) is 0 Å². The van der Waals surface area contributed by atoms with Gasteiger partial charge in [-0.15, -0.1) is 10.2 Å². The normalized spacial score (nSPS) is 19.2. The minimum Gasteiger partial charge on any atom is -0.335 e. The van der Waals surface area contributed by atoms with Gasteiger partial charge in [-0.05, 0) is 31.5 Å². The summed E-state index contributed by atoms with van der Waals surface area (Å²) in [6.07, 6.45) is 2.40. The SMILES string of the molecule is CCNCC1CCCN1c1nnc2ccccc2n1. The molecule has 1 saturated heterocycles. The van der Waals surface area contributed by atoms with Crippen LogP contribution >= 0.6 is 0 Å². The Kier molecular flexibility index (Phi) is 3.55. The molecule has 1 aliphatic rings. The van der Waals surface area contributed by atoms with Crippen LogP contribution in [0.2, 0.25) is 0 Å². The maximum atomic E-state index is 4.64. The zero-order chi connectivity index (χ0) is 13.1. The number of nitrogens with one attached hydrogen (secondary N) is 1. The van der Waals surface area contributed by atoms with Crippen molar-refractivity contribution < 1.29 is 0 Å². The highest BCUT2D eigenvalue weighted by atomic mass is 15.3. The molecule has 5 nitrogen and oxygen atoms in total. The average molecular weight is 257 g/mol. The number of rotatable bonds is 4. The van der Waals surface area contributed by atoms with Crippen LogP contribution in [0.3, 0.4) is 0 Å². The topological polar surface area (TPSA) is 53.9 Å². The molecule has 0 spiro atoms. The molecular weight excluding hydrogens is 238 g/mol. The monoisotopic (exact) mass is 257 g/mol. The van der Waals surface area contributed by atoms with Crippen molar-refractivity contribution >= 4 is 17.0 Å². The molecular formula is C14H19N5. The summed E-state index contributed by atoms with van der Waals surface area (Å²) in [5, 5.41) is 12.0. The van der Waals surface area contributed by atoms with E-state index in [0.29, 0.717) is 6.04 Å². The molecule has 2 heterocycles. The lowest BCUT2D eigenvalue weighted by Crippen LogP contribution is -2.39. The molecule has 5 heteroatoms. The summed E-state index contributed by atoms with van der Waals surface area (Å²) >= 11 is 0. The molecule has 0 radical (unpaired) electrons. The van der Waals surface area contributed by atoms with E-state index in [1.807, 2.05) is 24.3 Å². The number of para-hydroxylation sites is 1. The zero-order valence-corrected chi connectivity index (χ0v) is 11.2. The van der Waals surface area contributed by atoms with Crippen LogP contribution in [-0.2, 0) is 0 Å². The molecule has 1 aromatic heterocycles. The standard InChI is InChI=1S/C14H19N5/c1-2-15-10-11-6-5-9-19(11)14-16-12-7-3-4-8-13(12)17-18-14/h3-4,7-8,11,15H,2,5-6,9-10H2,1H3. The highest BCUT2D eigenvalue weighted by molar-refractivity contribution is 5.74. The number of fused-ring (bicyclic) bond motifs is 1. The molecule has 1 aliphatic heterocycles. The molecule has 0 amide bonds. The van der Waals surface area contributed by atoms with Gasteiger partial charge in [0.1, 0.15) is 5.52 Å². The molecule has 2 aromatic rings. The van der Waals surface area contributed by atoms with Crippen molar-refractivity contribution in [2.75, 3.05) is 24.5 Å². The van der Waals surface area contributed by atoms with E-state index in [0.717, 1.165) is 36.6 Å². The van der Waals surface area contributed by atoms with Crippen molar-refractivity contribution in [3.8, 4) is 0 Å². The average Bonchev–Trinajstić information content (AvgIpc) is 2.93. The minimum atomic E-state index is 0.489. The van der Waals surface area contributed by atoms with Gasteiger partial charge in [0.05, 0.1) is 5.52 Å². The van der Waals surface area contributed by atoms with Gasteiger partial charge >= 0.3 is 0 Å². The van der Waals surface area contributed by atoms with Crippen LogP contribution in [0.5, 0.6) is 0 Å². The van der Waals surface area contributed by atoms with Gasteiger partial charge in [-0.1, -0.05) is 19.1 Å². The first-order valence-electron chi connectivity index (χ1n) is 6.95. The first kappa shape index (κ1) is 12.3. The predicted octanol–water partition coefficient (Wildman–Crippen LogP) is 1.60. The summed E-state index contributed by atoms with van der Waals surface area (Å²) in [6.45, 7) is 5.15. The molecule has 0 saturated carbocycles. The van der Waals surface area contributed by atoms with E-state index < -0.39 is 0 Å². The van der Waals surface area contributed by atoms with Crippen molar-refractivity contribution in [2.45, 2.75) is 25.8 Å². The number of hydrogen-bond donors (Lipinski definition) is 1. The molecule has 19 heavy (non-hydrogen) atoms. The van der Waals surface area contributed by atoms with Crippen molar-refractivity contribution in [3.63, 3.8) is 0 Å². The smallest absolute Gasteiger partial charge is 0.246 e. The Morgan fingerprint density at radius 3 is 2.95 bits per heavy atom. The van der Waals surface area contributed by atoms with E-state index >= 15 is 0 Å². The fraction of sp³-hybridized carbons (Fsp3) is 0.500. The molecule has 3 rings (SSSR count). The Bertz CT molecular complexity index is 556. The fourth-order valence-electron chi connectivity index (χ4n) is 2.62. The van der Waals surface area contributed by atoms with Crippen molar-refractivity contribution in [1.82, 2.24) is 20.5 Å². The Labute approximate surface area is 113 Å². The van der Waals surface area contributed by atoms with Crippen molar-refractivity contribution in [3.05, 3.63) is 24.3 Å². The number of likely N-dealkylation sites (N-methyl/N-ethyl adjacent to an activating group) is 1. The molecule has 1 aromatic carbocycles. The van der Waals surface area contributed by atoms with E-state index in [4.69, 9.17) is 0 Å². The third kappa shape index (κ3) is 2.51. The number of anilines is 1. The van der Waals surface area contributed by atoms with Crippen molar-refractivity contribution in [1.29, 1.82) is 0 Å². The van der Waals surface area contributed by atoms with Crippen LogP contribution < -0.4 is 10.2 Å². The van der Waals surface area contributed by atoms with Gasteiger partial charge < -0.3 is 10.2 Å². The summed E-state index contributed by atoms with van der Waals surface area (Å²) < 4.78 is 0. The molecule has 1 atom stereocenters. The largest absolute Gasteiger partial charge is 0.335 e. The first-order chi connectivity index (χ1) is 9.38. The maximum absolute atomic E-state index is 4.64. The van der Waals surface area contributed by atoms with E-state index in [2.05, 4.69) is 32.3 Å². The van der Waals surface area contributed by atoms with Gasteiger partial charge in [-0.3, -0.25) is 0 Å². The lowest BCUT2D eigenvalue weighted by molar-refractivity contribution is 0.580. The number of nitrogens with zero attached hydrogens (tertiary/aromatic N) is 4. The molecule has 1 N–H and O–H groups in total. The Morgan fingerprint density at radius 1 is 1.26 bits per heavy atom. The highest BCUT2D eigenvalue weighted by Crippen LogP contribution is 2.22. The van der Waals surface area contributed by atoms with Gasteiger partial charge in [0.25, 0.3) is 0 Å². The summed E-state index contributed by atoms with van der Waals surface area (Å²) in [6, 6.07) is 8.37. The van der Waals surface area contributed by atoms with E-state index in [1.54, 1.807) is 0 Å². The summed E-state index contributed by atoms with van der Waals surface area (Å²) in [7, 11) is 0. The lowest BCUT2D eigenvalue weighted by Gasteiger charge is -2.24. The lowest BCUT2D eigenvalue weighted by atomic mass is 10.2. The van der Waals surface area contributed by atoms with E-state index in [-0.39, 0.29) is 0 Å². The van der Waals surface area contributed by atoms with Gasteiger partial charge in [-0.25, -0.2) is 4.98 Å². The quantitative estimate of drug-likeness (QED) is 0.901. The van der Waals surface area contributed by atoms with Crippen LogP contribution in [0.1, 0.15) is 19.8 Å². The van der Waals surface area contributed by atoms with Crippen LogP contribution in [0, 0.1) is 0 Å². The third-order valence-electron chi connectivity index (χ3n) is 3.61.